The van der Waals surface area contributed by atoms with Crippen molar-refractivity contribution in [3.63, 3.8) is 0 Å². The second-order valence-corrected chi connectivity index (χ2v) is 9.23. The lowest BCUT2D eigenvalue weighted by Gasteiger charge is -2.16. The number of aromatic nitrogens is 2. The van der Waals surface area contributed by atoms with E-state index in [9.17, 15) is 9.90 Å². The number of hydrogen-bond acceptors (Lipinski definition) is 7. The first-order valence-corrected chi connectivity index (χ1v) is 11.9. The van der Waals surface area contributed by atoms with Crippen LogP contribution in [0.1, 0.15) is 23.2 Å². The van der Waals surface area contributed by atoms with Gasteiger partial charge >= 0.3 is 0 Å². The molecule has 0 aliphatic heterocycles. The number of aliphatic hydroxyl groups is 1. The van der Waals surface area contributed by atoms with E-state index in [4.69, 9.17) is 28.3 Å². The Bertz CT molecular complexity index is 1400. The second-order valence-electron chi connectivity index (χ2n) is 8.41. The Morgan fingerprint density at radius 1 is 1.00 bits per heavy atom. The first kappa shape index (κ1) is 23.4. The number of phenolic OH excluding ortho intramolecular Hbond substituents is 1. The highest BCUT2D eigenvalue weighted by Crippen LogP contribution is 2.40. The molecule has 1 fully saturated rings. The summed E-state index contributed by atoms with van der Waals surface area (Å²) in [5.74, 6) is 0.568. The van der Waals surface area contributed by atoms with Crippen molar-refractivity contribution < 1.29 is 15.0 Å². The Balaban J connectivity index is 1.60. The Morgan fingerprint density at radius 3 is 2.43 bits per heavy atom. The summed E-state index contributed by atoms with van der Waals surface area (Å²) in [5.41, 5.74) is 4.14. The molecule has 0 unspecified atom stereocenters. The molecule has 2 heterocycles. The number of hydrogen-bond donors (Lipinski definition) is 4. The molecule has 0 bridgehead atoms. The fourth-order valence-electron chi connectivity index (χ4n) is 3.89. The second kappa shape index (κ2) is 9.70. The van der Waals surface area contributed by atoms with E-state index in [0.717, 1.165) is 29.4 Å². The van der Waals surface area contributed by atoms with Gasteiger partial charge in [-0.15, -0.1) is 0 Å². The molecular formula is C26H22Cl2N4O3. The number of nitrogens with zero attached hydrogens (tertiary/aromatic N) is 2. The van der Waals surface area contributed by atoms with Gasteiger partial charge < -0.3 is 20.8 Å². The summed E-state index contributed by atoms with van der Waals surface area (Å²) in [7, 11) is 0. The van der Waals surface area contributed by atoms with E-state index in [1.54, 1.807) is 30.6 Å². The number of aliphatic hydroxyl groups excluding tert-OH is 1. The lowest BCUT2D eigenvalue weighted by atomic mass is 9.99. The first-order valence-electron chi connectivity index (χ1n) is 11.2. The Morgan fingerprint density at radius 2 is 1.77 bits per heavy atom. The molecule has 35 heavy (non-hydrogen) atoms. The minimum absolute atomic E-state index is 0.0110. The smallest absolute Gasteiger partial charge is 0.169 e. The highest BCUT2D eigenvalue weighted by atomic mass is 35.5. The predicted octanol–water partition coefficient (Wildman–Crippen LogP) is 6.05. The van der Waals surface area contributed by atoms with Crippen molar-refractivity contribution >= 4 is 57.1 Å². The van der Waals surface area contributed by atoms with Gasteiger partial charge in [0.1, 0.15) is 5.82 Å². The first-order chi connectivity index (χ1) is 16.9. The third kappa shape index (κ3) is 4.89. The summed E-state index contributed by atoms with van der Waals surface area (Å²) in [4.78, 5) is 22.0. The molecule has 2 aromatic heterocycles. The van der Waals surface area contributed by atoms with E-state index in [1.165, 1.54) is 0 Å². The molecule has 1 aliphatic rings. The van der Waals surface area contributed by atoms with Gasteiger partial charge in [0.25, 0.3) is 0 Å². The third-order valence-corrected chi connectivity index (χ3v) is 6.46. The number of halogens is 2. The molecule has 9 heteroatoms. The summed E-state index contributed by atoms with van der Waals surface area (Å²) >= 11 is 12.3. The molecule has 1 saturated carbocycles. The zero-order valence-corrected chi connectivity index (χ0v) is 20.1. The molecule has 1 aliphatic carbocycles. The number of rotatable bonds is 8. The quantitative estimate of drug-likeness (QED) is 0.214. The molecule has 4 aromatic rings. The summed E-state index contributed by atoms with van der Waals surface area (Å²) in [6, 6.07) is 12.6. The molecule has 7 nitrogen and oxygen atoms in total. The van der Waals surface area contributed by atoms with Crippen LogP contribution in [0.3, 0.4) is 0 Å². The SMILES string of the molecule is O=C(c1cnc2ccc(-c3cc(Cl)c(O)c(Cl)c3)cc2c1Nc1ccc(NCCO)nc1)C1CC1. The number of phenols is 1. The predicted molar refractivity (Wildman–Crippen MR) is 139 cm³/mol. The van der Waals surface area contributed by atoms with Crippen LogP contribution in [0.15, 0.2) is 54.9 Å². The number of carbonyl (C=O) groups is 1. The zero-order valence-electron chi connectivity index (χ0n) is 18.6. The van der Waals surface area contributed by atoms with Crippen molar-refractivity contribution in [1.29, 1.82) is 0 Å². The van der Waals surface area contributed by atoms with Gasteiger partial charge in [0.2, 0.25) is 0 Å². The van der Waals surface area contributed by atoms with Crippen LogP contribution in [0.2, 0.25) is 10.0 Å². The molecule has 0 saturated heterocycles. The number of benzene rings is 2. The van der Waals surface area contributed by atoms with Crippen LogP contribution in [-0.2, 0) is 0 Å². The molecular weight excluding hydrogens is 487 g/mol. The van der Waals surface area contributed by atoms with Gasteiger partial charge in [-0.2, -0.15) is 0 Å². The number of aromatic hydroxyl groups is 1. The number of ketones is 1. The van der Waals surface area contributed by atoms with Crippen LogP contribution in [0, 0.1) is 5.92 Å². The minimum atomic E-state index is -0.163. The lowest BCUT2D eigenvalue weighted by molar-refractivity contribution is 0.0968. The van der Waals surface area contributed by atoms with Crippen molar-refractivity contribution in [2.45, 2.75) is 12.8 Å². The lowest BCUT2D eigenvalue weighted by Crippen LogP contribution is -2.08. The van der Waals surface area contributed by atoms with E-state index in [2.05, 4.69) is 20.6 Å². The maximum absolute atomic E-state index is 13.1. The van der Waals surface area contributed by atoms with Gasteiger partial charge in [0.05, 0.1) is 45.3 Å². The highest BCUT2D eigenvalue weighted by molar-refractivity contribution is 6.37. The summed E-state index contributed by atoms with van der Waals surface area (Å²) in [6.07, 6.45) is 5.06. The van der Waals surface area contributed by atoms with Crippen LogP contribution in [0.25, 0.3) is 22.0 Å². The fraction of sp³-hybridized carbons (Fsp3) is 0.192. The Hall–Kier alpha value is -3.39. The highest BCUT2D eigenvalue weighted by Gasteiger charge is 2.32. The molecule has 2 aromatic carbocycles. The number of pyridine rings is 2. The van der Waals surface area contributed by atoms with E-state index >= 15 is 0 Å². The molecule has 0 amide bonds. The maximum atomic E-state index is 13.1. The van der Waals surface area contributed by atoms with Gasteiger partial charge in [0.15, 0.2) is 11.5 Å². The largest absolute Gasteiger partial charge is 0.505 e. The minimum Gasteiger partial charge on any atom is -0.505 e. The van der Waals surface area contributed by atoms with Gasteiger partial charge in [-0.25, -0.2) is 4.98 Å². The molecule has 4 N–H and O–H groups in total. The number of fused-ring (bicyclic) bond motifs is 1. The number of carbonyl (C=O) groups excluding carboxylic acids is 1. The molecule has 178 valence electrons. The molecule has 0 atom stereocenters. The van der Waals surface area contributed by atoms with Crippen molar-refractivity contribution in [1.82, 2.24) is 9.97 Å². The molecule has 5 rings (SSSR count). The summed E-state index contributed by atoms with van der Waals surface area (Å²) in [6.45, 7) is 0.417. The van der Waals surface area contributed by atoms with Gasteiger partial charge in [-0.05, 0) is 60.4 Å². The monoisotopic (exact) mass is 508 g/mol. The maximum Gasteiger partial charge on any atom is 0.169 e. The third-order valence-electron chi connectivity index (χ3n) is 5.88. The van der Waals surface area contributed by atoms with Gasteiger partial charge in [-0.1, -0.05) is 29.3 Å². The number of anilines is 3. The number of Topliss-reactive ketones (excluding diaryl/α,β-unsaturated/α-hetero) is 1. The van der Waals surface area contributed by atoms with Crippen LogP contribution in [0.5, 0.6) is 5.75 Å². The van der Waals surface area contributed by atoms with Gasteiger partial charge in [-0.3, -0.25) is 9.78 Å². The van der Waals surface area contributed by atoms with Crippen LogP contribution >= 0.6 is 23.2 Å². The van der Waals surface area contributed by atoms with Crippen LogP contribution < -0.4 is 10.6 Å². The number of nitrogens with one attached hydrogen (secondary N) is 2. The summed E-state index contributed by atoms with van der Waals surface area (Å²) < 4.78 is 0. The van der Waals surface area contributed by atoms with E-state index in [1.807, 2.05) is 24.3 Å². The van der Waals surface area contributed by atoms with Crippen molar-refractivity contribution in [3.05, 3.63) is 70.5 Å². The van der Waals surface area contributed by atoms with E-state index in [-0.39, 0.29) is 34.1 Å². The van der Waals surface area contributed by atoms with Crippen molar-refractivity contribution in [3.8, 4) is 16.9 Å². The summed E-state index contributed by atoms with van der Waals surface area (Å²) in [5, 5.41) is 26.4. The van der Waals surface area contributed by atoms with Crippen molar-refractivity contribution in [2.75, 3.05) is 23.8 Å². The fourth-order valence-corrected chi connectivity index (χ4v) is 4.38. The zero-order chi connectivity index (χ0) is 24.5. The van der Waals surface area contributed by atoms with Crippen LogP contribution in [-0.4, -0.2) is 39.1 Å². The molecule has 0 spiro atoms. The molecule has 0 radical (unpaired) electrons. The normalized spacial score (nSPS) is 13.1. The Labute approximate surface area is 211 Å². The van der Waals surface area contributed by atoms with Crippen LogP contribution in [0.4, 0.5) is 17.2 Å². The van der Waals surface area contributed by atoms with E-state index in [0.29, 0.717) is 34.8 Å². The van der Waals surface area contributed by atoms with Crippen molar-refractivity contribution in [2.24, 2.45) is 5.92 Å². The van der Waals surface area contributed by atoms with E-state index < -0.39 is 0 Å². The topological polar surface area (TPSA) is 107 Å². The average Bonchev–Trinajstić information content (AvgIpc) is 3.72. The standard InChI is InChI=1S/C26H22Cl2N4O3/c27-20-10-16(11-21(28)26(20)35)15-3-5-22-18(9-15)24(19(13-30-22)25(34)14-1-2-14)32-17-4-6-23(31-12-17)29-7-8-33/h3-6,9-14,33,35H,1-2,7-8H2,(H,29,31)(H,30,32). The van der Waals surface area contributed by atoms with Gasteiger partial charge in [0, 0.05) is 24.0 Å². The Kier molecular flexibility index (Phi) is 6.47. The average molecular weight is 509 g/mol.